The van der Waals surface area contributed by atoms with E-state index >= 15 is 0 Å². The van der Waals surface area contributed by atoms with Gasteiger partial charge in [-0.05, 0) is 43.7 Å². The number of hydrogen-bond donors (Lipinski definition) is 1. The van der Waals surface area contributed by atoms with Crippen LogP contribution in [0.1, 0.15) is 17.0 Å². The van der Waals surface area contributed by atoms with E-state index in [4.69, 9.17) is 5.73 Å². The fraction of sp³-hybridized carbons (Fsp3) is 0.231. The van der Waals surface area contributed by atoms with Crippen LogP contribution in [-0.4, -0.2) is 9.55 Å². The summed E-state index contributed by atoms with van der Waals surface area (Å²) < 4.78 is 14.6. The molecule has 0 atom stereocenters. The molecular formula is C13H14FN3O. The summed E-state index contributed by atoms with van der Waals surface area (Å²) in [6.07, 6.45) is 0. The predicted molar refractivity (Wildman–Crippen MR) is 67.9 cm³/mol. The van der Waals surface area contributed by atoms with Gasteiger partial charge < -0.3 is 5.73 Å². The Kier molecular flexibility index (Phi) is 3.14. The molecule has 0 amide bonds. The summed E-state index contributed by atoms with van der Waals surface area (Å²) in [6.45, 7) is 3.79. The van der Waals surface area contributed by atoms with Crippen LogP contribution in [0, 0.1) is 19.7 Å². The molecule has 0 fully saturated rings. The average molecular weight is 247 g/mol. The van der Waals surface area contributed by atoms with Crippen molar-refractivity contribution < 1.29 is 4.39 Å². The van der Waals surface area contributed by atoms with E-state index in [1.807, 2.05) is 6.92 Å². The third kappa shape index (κ3) is 2.40. The standard InChI is InChI=1S/C13H14FN3O/c1-8-5-9(2)17(13(18)16-8)7-10-6-11(14)3-4-12(10)15/h3-6H,7,15H2,1-2H3. The van der Waals surface area contributed by atoms with Gasteiger partial charge in [0.1, 0.15) is 5.82 Å². The number of rotatable bonds is 2. The highest BCUT2D eigenvalue weighted by molar-refractivity contribution is 5.46. The Balaban J connectivity index is 2.46. The molecule has 0 spiro atoms. The van der Waals surface area contributed by atoms with Crippen molar-refractivity contribution in [2.45, 2.75) is 20.4 Å². The molecular weight excluding hydrogens is 233 g/mol. The van der Waals surface area contributed by atoms with E-state index in [1.54, 1.807) is 13.0 Å². The molecule has 1 aromatic carbocycles. The lowest BCUT2D eigenvalue weighted by Gasteiger charge is -2.11. The zero-order valence-electron chi connectivity index (χ0n) is 10.3. The molecule has 2 N–H and O–H groups in total. The largest absolute Gasteiger partial charge is 0.398 e. The summed E-state index contributed by atoms with van der Waals surface area (Å²) in [5.74, 6) is -0.370. The highest BCUT2D eigenvalue weighted by Crippen LogP contribution is 2.14. The fourth-order valence-corrected chi connectivity index (χ4v) is 1.85. The lowest BCUT2D eigenvalue weighted by atomic mass is 10.1. The Morgan fingerprint density at radius 2 is 2.06 bits per heavy atom. The summed E-state index contributed by atoms with van der Waals surface area (Å²) in [5.41, 5.74) is 7.89. The van der Waals surface area contributed by atoms with E-state index in [9.17, 15) is 9.18 Å². The van der Waals surface area contributed by atoms with Crippen molar-refractivity contribution in [1.29, 1.82) is 0 Å². The zero-order valence-corrected chi connectivity index (χ0v) is 10.3. The van der Waals surface area contributed by atoms with E-state index < -0.39 is 0 Å². The number of hydrogen-bond acceptors (Lipinski definition) is 3. The fourth-order valence-electron chi connectivity index (χ4n) is 1.85. The van der Waals surface area contributed by atoms with Crippen molar-refractivity contribution in [3.63, 3.8) is 0 Å². The number of nitrogens with zero attached hydrogens (tertiary/aromatic N) is 2. The van der Waals surface area contributed by atoms with E-state index in [1.165, 1.54) is 22.8 Å². The Morgan fingerprint density at radius 3 is 2.72 bits per heavy atom. The highest BCUT2D eigenvalue weighted by Gasteiger charge is 2.07. The second-order valence-electron chi connectivity index (χ2n) is 4.25. The van der Waals surface area contributed by atoms with E-state index in [-0.39, 0.29) is 18.1 Å². The lowest BCUT2D eigenvalue weighted by molar-refractivity contribution is 0.621. The van der Waals surface area contributed by atoms with Gasteiger partial charge in [-0.15, -0.1) is 0 Å². The number of nitrogen functional groups attached to an aromatic ring is 1. The number of nitrogens with two attached hydrogens (primary N) is 1. The first-order valence-electron chi connectivity index (χ1n) is 5.56. The maximum absolute atomic E-state index is 13.2. The molecule has 2 aromatic rings. The summed E-state index contributed by atoms with van der Waals surface area (Å²) in [7, 11) is 0. The van der Waals surface area contributed by atoms with Crippen LogP contribution in [0.3, 0.4) is 0 Å². The van der Waals surface area contributed by atoms with Crippen molar-refractivity contribution in [2.24, 2.45) is 0 Å². The van der Waals surface area contributed by atoms with Crippen LogP contribution in [0.15, 0.2) is 29.1 Å². The predicted octanol–water partition coefficient (Wildman–Crippen LogP) is 1.63. The Bertz CT molecular complexity index is 649. The van der Waals surface area contributed by atoms with Gasteiger partial charge in [-0.2, -0.15) is 4.98 Å². The summed E-state index contributed by atoms with van der Waals surface area (Å²) in [4.78, 5) is 15.6. The zero-order chi connectivity index (χ0) is 13.3. The minimum Gasteiger partial charge on any atom is -0.398 e. The van der Waals surface area contributed by atoms with Crippen molar-refractivity contribution in [1.82, 2.24) is 9.55 Å². The Labute approximate surface area is 104 Å². The van der Waals surface area contributed by atoms with Crippen molar-refractivity contribution in [3.8, 4) is 0 Å². The van der Waals surface area contributed by atoms with Gasteiger partial charge in [0.05, 0.1) is 6.54 Å². The topological polar surface area (TPSA) is 60.9 Å². The lowest BCUT2D eigenvalue weighted by Crippen LogP contribution is -2.26. The van der Waals surface area contributed by atoms with Crippen LogP contribution < -0.4 is 11.4 Å². The van der Waals surface area contributed by atoms with Gasteiger partial charge in [-0.1, -0.05) is 0 Å². The van der Waals surface area contributed by atoms with E-state index in [2.05, 4.69) is 4.98 Å². The quantitative estimate of drug-likeness (QED) is 0.820. The van der Waals surface area contributed by atoms with Gasteiger partial charge in [-0.3, -0.25) is 4.57 Å². The second-order valence-corrected chi connectivity index (χ2v) is 4.25. The van der Waals surface area contributed by atoms with Crippen LogP contribution in [0.2, 0.25) is 0 Å². The maximum atomic E-state index is 13.2. The van der Waals surface area contributed by atoms with Gasteiger partial charge in [0, 0.05) is 17.1 Å². The minimum absolute atomic E-state index is 0.224. The van der Waals surface area contributed by atoms with E-state index in [0.717, 1.165) is 5.69 Å². The third-order valence-electron chi connectivity index (χ3n) is 2.78. The van der Waals surface area contributed by atoms with Gasteiger partial charge in [0.2, 0.25) is 0 Å². The third-order valence-corrected chi connectivity index (χ3v) is 2.78. The van der Waals surface area contributed by atoms with Gasteiger partial charge in [0.25, 0.3) is 0 Å². The Morgan fingerprint density at radius 1 is 1.33 bits per heavy atom. The molecule has 1 heterocycles. The molecule has 0 radical (unpaired) electrons. The van der Waals surface area contributed by atoms with Gasteiger partial charge >= 0.3 is 5.69 Å². The molecule has 0 aliphatic rings. The van der Waals surface area contributed by atoms with Gasteiger partial charge in [0.15, 0.2) is 0 Å². The number of aryl methyl sites for hydroxylation is 2. The Hall–Kier alpha value is -2.17. The number of benzene rings is 1. The van der Waals surface area contributed by atoms with Crippen LogP contribution >= 0.6 is 0 Å². The summed E-state index contributed by atoms with van der Waals surface area (Å²) >= 11 is 0. The molecule has 5 heteroatoms. The molecule has 0 aliphatic heterocycles. The van der Waals surface area contributed by atoms with Crippen LogP contribution in [0.4, 0.5) is 10.1 Å². The first kappa shape index (κ1) is 12.3. The normalized spacial score (nSPS) is 10.6. The maximum Gasteiger partial charge on any atom is 0.348 e. The number of aromatic nitrogens is 2. The number of anilines is 1. The highest BCUT2D eigenvalue weighted by atomic mass is 19.1. The van der Waals surface area contributed by atoms with Crippen LogP contribution in [-0.2, 0) is 6.54 Å². The molecule has 0 unspecified atom stereocenters. The second kappa shape index (κ2) is 4.60. The van der Waals surface area contributed by atoms with Crippen LogP contribution in [0.5, 0.6) is 0 Å². The van der Waals surface area contributed by atoms with Crippen LogP contribution in [0.25, 0.3) is 0 Å². The van der Waals surface area contributed by atoms with Crippen molar-refractivity contribution in [2.75, 3.05) is 5.73 Å². The first-order chi connectivity index (χ1) is 8.47. The monoisotopic (exact) mass is 247 g/mol. The van der Waals surface area contributed by atoms with Crippen molar-refractivity contribution in [3.05, 3.63) is 57.5 Å². The molecule has 0 saturated heterocycles. The molecule has 18 heavy (non-hydrogen) atoms. The molecule has 0 aliphatic carbocycles. The molecule has 4 nitrogen and oxygen atoms in total. The molecule has 0 bridgehead atoms. The minimum atomic E-state index is -0.370. The average Bonchev–Trinajstić information content (AvgIpc) is 2.28. The first-order valence-corrected chi connectivity index (χ1v) is 5.56. The van der Waals surface area contributed by atoms with E-state index in [0.29, 0.717) is 16.9 Å². The molecule has 1 aromatic heterocycles. The van der Waals surface area contributed by atoms with Gasteiger partial charge in [-0.25, -0.2) is 9.18 Å². The molecule has 94 valence electrons. The van der Waals surface area contributed by atoms with Crippen molar-refractivity contribution >= 4 is 5.69 Å². The smallest absolute Gasteiger partial charge is 0.348 e. The number of halogens is 1. The summed E-state index contributed by atoms with van der Waals surface area (Å²) in [6, 6.07) is 5.92. The molecule has 0 saturated carbocycles. The summed E-state index contributed by atoms with van der Waals surface area (Å²) in [5, 5.41) is 0. The molecule has 2 rings (SSSR count). The SMILES string of the molecule is Cc1cc(C)n(Cc2cc(F)ccc2N)c(=O)n1.